The molecule has 1 aliphatic heterocycles. The van der Waals surface area contributed by atoms with Crippen LogP contribution >= 0.6 is 0 Å². The number of hydrazine groups is 1. The molecule has 0 N–H and O–H groups in total. The van der Waals surface area contributed by atoms with Crippen molar-refractivity contribution in [2.45, 2.75) is 57.5 Å². The maximum Gasteiger partial charge on any atom is 0.282 e. The number of nitrogens with zero attached hydrogens (tertiary/aromatic N) is 3. The summed E-state index contributed by atoms with van der Waals surface area (Å²) in [5.41, 5.74) is -1.15. The first-order valence-corrected chi connectivity index (χ1v) is 10.2. The van der Waals surface area contributed by atoms with Crippen molar-refractivity contribution in [1.29, 1.82) is 0 Å². The Balaban J connectivity index is 1.50. The smallest absolute Gasteiger partial charge is 0.270 e. The summed E-state index contributed by atoms with van der Waals surface area (Å²) in [7, 11) is 0. The molecular weight excluding hydrogens is 358 g/mol. The first kappa shape index (κ1) is 17.6. The fourth-order valence-corrected chi connectivity index (χ4v) is 6.53. The second-order valence-electron chi connectivity index (χ2n) is 9.52. The average molecular weight is 383 g/mol. The molecule has 0 atom stereocenters. The second-order valence-corrected chi connectivity index (χ2v) is 9.52. The SMILES string of the molecule is CC1(C)C(=O)N(C2C3CC4CC(C3)CC2C4)N1C(=O)c1ccccc1[N+](=O)[O-]. The number of para-hydroxylation sites is 1. The number of carbonyl (C=O) groups excluding carboxylic acids is 2. The van der Waals surface area contributed by atoms with Crippen LogP contribution in [0.15, 0.2) is 24.3 Å². The minimum Gasteiger partial charge on any atom is -0.270 e. The minimum atomic E-state index is -0.977. The normalized spacial score (nSPS) is 35.1. The summed E-state index contributed by atoms with van der Waals surface area (Å²) in [5.74, 6) is 1.92. The van der Waals surface area contributed by atoms with E-state index in [2.05, 4.69) is 0 Å². The largest absolute Gasteiger partial charge is 0.282 e. The third kappa shape index (κ3) is 2.28. The number of hydrogen-bond acceptors (Lipinski definition) is 4. The second kappa shape index (κ2) is 5.78. The number of rotatable bonds is 3. The molecule has 1 saturated heterocycles. The highest BCUT2D eigenvalue weighted by Gasteiger charge is 2.63. The highest BCUT2D eigenvalue weighted by molar-refractivity contribution is 6.06. The summed E-state index contributed by atoms with van der Waals surface area (Å²) in [4.78, 5) is 37.3. The van der Waals surface area contributed by atoms with E-state index in [-0.39, 0.29) is 23.2 Å². The van der Waals surface area contributed by atoms with Gasteiger partial charge in [-0.25, -0.2) is 10.0 Å². The van der Waals surface area contributed by atoms with Gasteiger partial charge in [0, 0.05) is 6.07 Å². The molecule has 6 rings (SSSR count). The molecule has 2 amide bonds. The van der Waals surface area contributed by atoms with E-state index in [9.17, 15) is 19.7 Å². The van der Waals surface area contributed by atoms with Crippen LogP contribution in [-0.4, -0.2) is 38.3 Å². The molecule has 4 aliphatic carbocycles. The molecular formula is C21H25N3O4. The van der Waals surface area contributed by atoms with Crippen molar-refractivity contribution in [3.63, 3.8) is 0 Å². The first-order valence-electron chi connectivity index (χ1n) is 10.2. The topological polar surface area (TPSA) is 83.8 Å². The lowest BCUT2D eigenvalue weighted by molar-refractivity contribution is -0.385. The molecule has 5 aliphatic rings. The molecule has 4 bridgehead atoms. The Morgan fingerprint density at radius 1 is 1.07 bits per heavy atom. The summed E-state index contributed by atoms with van der Waals surface area (Å²) >= 11 is 0. The Bertz CT molecular complexity index is 852. The van der Waals surface area contributed by atoms with Crippen LogP contribution in [0.1, 0.15) is 56.3 Å². The van der Waals surface area contributed by atoms with E-state index in [1.165, 1.54) is 23.6 Å². The van der Waals surface area contributed by atoms with Gasteiger partial charge in [0.2, 0.25) is 0 Å². The van der Waals surface area contributed by atoms with Gasteiger partial charge in [-0.05, 0) is 75.7 Å². The summed E-state index contributed by atoms with van der Waals surface area (Å²) in [6.45, 7) is 3.46. The highest BCUT2D eigenvalue weighted by Crippen LogP contribution is 2.57. The van der Waals surface area contributed by atoms with Gasteiger partial charge in [-0.3, -0.25) is 19.7 Å². The predicted octanol–water partition coefficient (Wildman–Crippen LogP) is 3.40. The summed E-state index contributed by atoms with van der Waals surface area (Å²) in [5, 5.41) is 14.6. The maximum absolute atomic E-state index is 13.4. The number of nitro groups is 1. The number of amides is 2. The Morgan fingerprint density at radius 3 is 2.21 bits per heavy atom. The molecule has 0 radical (unpaired) electrons. The Kier molecular flexibility index (Phi) is 3.64. The first-order chi connectivity index (χ1) is 13.3. The summed E-state index contributed by atoms with van der Waals surface area (Å²) in [6, 6.07) is 6.06. The van der Waals surface area contributed by atoms with Gasteiger partial charge in [0.05, 0.1) is 11.0 Å². The van der Waals surface area contributed by atoms with Crippen molar-refractivity contribution < 1.29 is 14.5 Å². The zero-order valence-electron chi connectivity index (χ0n) is 16.2. The summed E-state index contributed by atoms with van der Waals surface area (Å²) in [6.07, 6.45) is 5.85. The van der Waals surface area contributed by atoms with Crippen molar-refractivity contribution in [2.24, 2.45) is 23.7 Å². The standard InChI is InChI=1S/C21H25N3O4/c1-21(2)20(26)22(18-14-8-12-7-13(10-14)11-15(18)9-12)23(21)19(25)16-5-3-4-6-17(16)24(27)28/h3-6,12-15,18H,7-11H2,1-2H3. The van der Waals surface area contributed by atoms with Crippen LogP contribution in [0.4, 0.5) is 5.69 Å². The Morgan fingerprint density at radius 2 is 1.64 bits per heavy atom. The quantitative estimate of drug-likeness (QED) is 0.591. The van der Waals surface area contributed by atoms with Gasteiger partial charge in [-0.15, -0.1) is 0 Å². The van der Waals surface area contributed by atoms with E-state index in [0.717, 1.165) is 37.5 Å². The van der Waals surface area contributed by atoms with Crippen LogP contribution in [0.5, 0.6) is 0 Å². The number of carbonyl (C=O) groups is 2. The van der Waals surface area contributed by atoms with Gasteiger partial charge in [-0.1, -0.05) is 12.1 Å². The van der Waals surface area contributed by atoms with Gasteiger partial charge in [0.1, 0.15) is 11.1 Å². The summed E-state index contributed by atoms with van der Waals surface area (Å²) < 4.78 is 0. The third-order valence-corrected chi connectivity index (χ3v) is 7.46. The van der Waals surface area contributed by atoms with Gasteiger partial charge >= 0.3 is 0 Å². The predicted molar refractivity (Wildman–Crippen MR) is 101 cm³/mol. The van der Waals surface area contributed by atoms with Crippen molar-refractivity contribution in [2.75, 3.05) is 0 Å². The molecule has 0 spiro atoms. The van der Waals surface area contributed by atoms with E-state index >= 15 is 0 Å². The third-order valence-electron chi connectivity index (χ3n) is 7.46. The lowest BCUT2D eigenvalue weighted by atomic mass is 9.53. The molecule has 0 unspecified atom stereocenters. The zero-order valence-corrected chi connectivity index (χ0v) is 16.2. The van der Waals surface area contributed by atoms with E-state index in [1.54, 1.807) is 31.0 Å². The van der Waals surface area contributed by atoms with Crippen molar-refractivity contribution >= 4 is 17.5 Å². The molecule has 1 aromatic rings. The fourth-order valence-electron chi connectivity index (χ4n) is 6.53. The van der Waals surface area contributed by atoms with Gasteiger partial charge in [0.25, 0.3) is 17.5 Å². The molecule has 0 aromatic heterocycles. The van der Waals surface area contributed by atoms with Crippen molar-refractivity contribution in [3.8, 4) is 0 Å². The highest BCUT2D eigenvalue weighted by atomic mass is 16.6. The molecule has 1 heterocycles. The lowest BCUT2D eigenvalue weighted by Crippen LogP contribution is -2.80. The van der Waals surface area contributed by atoms with Crippen LogP contribution in [0, 0.1) is 33.8 Å². The van der Waals surface area contributed by atoms with E-state index < -0.39 is 16.4 Å². The molecule has 7 nitrogen and oxygen atoms in total. The number of hydrogen-bond donors (Lipinski definition) is 0. The fraction of sp³-hybridized carbons (Fsp3) is 0.619. The van der Waals surface area contributed by atoms with Crippen LogP contribution < -0.4 is 0 Å². The lowest BCUT2D eigenvalue weighted by Gasteiger charge is -2.64. The Labute approximate surface area is 163 Å². The molecule has 1 aromatic carbocycles. The maximum atomic E-state index is 13.4. The van der Waals surface area contributed by atoms with Gasteiger partial charge in [-0.2, -0.15) is 0 Å². The van der Waals surface area contributed by atoms with Crippen molar-refractivity contribution in [1.82, 2.24) is 10.0 Å². The van der Waals surface area contributed by atoms with E-state index in [4.69, 9.17) is 0 Å². The molecule has 7 heteroatoms. The van der Waals surface area contributed by atoms with Gasteiger partial charge in [0.15, 0.2) is 0 Å². The molecule has 28 heavy (non-hydrogen) atoms. The van der Waals surface area contributed by atoms with E-state index in [0.29, 0.717) is 11.8 Å². The van der Waals surface area contributed by atoms with E-state index in [1.807, 2.05) is 0 Å². The monoisotopic (exact) mass is 383 g/mol. The van der Waals surface area contributed by atoms with Crippen LogP contribution in [-0.2, 0) is 4.79 Å². The van der Waals surface area contributed by atoms with Crippen LogP contribution in [0.3, 0.4) is 0 Å². The molecule has 4 saturated carbocycles. The zero-order chi connectivity index (χ0) is 19.8. The van der Waals surface area contributed by atoms with Gasteiger partial charge < -0.3 is 0 Å². The number of benzene rings is 1. The molecule has 5 fully saturated rings. The van der Waals surface area contributed by atoms with Crippen LogP contribution in [0.2, 0.25) is 0 Å². The minimum absolute atomic E-state index is 0.0434. The van der Waals surface area contributed by atoms with Crippen LogP contribution in [0.25, 0.3) is 0 Å². The Hall–Kier alpha value is -2.44. The molecule has 148 valence electrons. The van der Waals surface area contributed by atoms with Crippen molar-refractivity contribution in [3.05, 3.63) is 39.9 Å². The number of nitro benzene ring substituents is 1. The average Bonchev–Trinajstić information content (AvgIpc) is 2.65.